The van der Waals surface area contributed by atoms with Crippen molar-refractivity contribution in [1.82, 2.24) is 5.32 Å². The second kappa shape index (κ2) is 9.74. The Labute approximate surface area is 136 Å². The minimum absolute atomic E-state index is 0.0532. The third-order valence-electron chi connectivity index (χ3n) is 3.21. The van der Waals surface area contributed by atoms with Crippen molar-refractivity contribution < 1.29 is 23.9 Å². The summed E-state index contributed by atoms with van der Waals surface area (Å²) >= 11 is 0. The van der Waals surface area contributed by atoms with Gasteiger partial charge >= 0.3 is 5.97 Å². The molecular weight excluding hydrogens is 298 g/mol. The molecule has 0 aromatic heterocycles. The lowest BCUT2D eigenvalue weighted by atomic mass is 10.1. The summed E-state index contributed by atoms with van der Waals surface area (Å²) in [5.74, 6) is -1.08. The van der Waals surface area contributed by atoms with Gasteiger partial charge in [0.1, 0.15) is 0 Å². The van der Waals surface area contributed by atoms with Crippen LogP contribution >= 0.6 is 0 Å². The van der Waals surface area contributed by atoms with Gasteiger partial charge in [0.25, 0.3) is 5.91 Å². The number of carbonyl (C=O) groups is 3. The van der Waals surface area contributed by atoms with Gasteiger partial charge in [-0.3, -0.25) is 14.4 Å². The molecule has 1 atom stereocenters. The van der Waals surface area contributed by atoms with Crippen LogP contribution < -0.4 is 5.32 Å². The number of Topliss-reactive ketones (excluding diaryl/α,β-unsaturated/α-hetero) is 1. The zero-order valence-corrected chi connectivity index (χ0v) is 13.8. The number of aryl methyl sites for hydroxylation is 1. The number of amides is 1. The summed E-state index contributed by atoms with van der Waals surface area (Å²) in [7, 11) is 1.53. The molecular formula is C17H23NO5. The Kier molecular flexibility index (Phi) is 7.97. The zero-order valence-electron chi connectivity index (χ0n) is 13.8. The minimum atomic E-state index is -0.895. The highest BCUT2D eigenvalue weighted by Crippen LogP contribution is 2.08. The average molecular weight is 321 g/mol. The van der Waals surface area contributed by atoms with Gasteiger partial charge in [-0.05, 0) is 13.8 Å². The number of hydrogen-bond donors (Lipinski definition) is 1. The van der Waals surface area contributed by atoms with Crippen LogP contribution in [0.5, 0.6) is 0 Å². The molecule has 0 heterocycles. The lowest BCUT2D eigenvalue weighted by molar-refractivity contribution is -0.154. The van der Waals surface area contributed by atoms with E-state index in [1.54, 1.807) is 12.1 Å². The van der Waals surface area contributed by atoms with Gasteiger partial charge in [0.2, 0.25) is 0 Å². The van der Waals surface area contributed by atoms with Crippen molar-refractivity contribution in [2.75, 3.05) is 20.3 Å². The van der Waals surface area contributed by atoms with Crippen molar-refractivity contribution in [3.8, 4) is 0 Å². The molecule has 1 amide bonds. The van der Waals surface area contributed by atoms with Gasteiger partial charge in [-0.1, -0.05) is 29.8 Å². The number of ketones is 1. The molecule has 0 aliphatic carbocycles. The van der Waals surface area contributed by atoms with Crippen LogP contribution in [0.4, 0.5) is 0 Å². The van der Waals surface area contributed by atoms with E-state index in [1.165, 1.54) is 14.0 Å². The third kappa shape index (κ3) is 7.06. The van der Waals surface area contributed by atoms with E-state index in [2.05, 4.69) is 5.32 Å². The van der Waals surface area contributed by atoms with Gasteiger partial charge in [0.15, 0.2) is 11.9 Å². The van der Waals surface area contributed by atoms with E-state index in [9.17, 15) is 14.4 Å². The first-order valence-corrected chi connectivity index (χ1v) is 7.50. The van der Waals surface area contributed by atoms with E-state index in [4.69, 9.17) is 9.47 Å². The summed E-state index contributed by atoms with van der Waals surface area (Å²) in [6.45, 7) is 4.16. The van der Waals surface area contributed by atoms with Gasteiger partial charge < -0.3 is 14.8 Å². The molecule has 23 heavy (non-hydrogen) atoms. The first kappa shape index (κ1) is 18.8. The maximum atomic E-state index is 12.0. The molecule has 1 rings (SSSR count). The summed E-state index contributed by atoms with van der Waals surface area (Å²) in [5, 5.41) is 2.58. The number of carbonyl (C=O) groups excluding carboxylic acids is 3. The molecule has 0 saturated carbocycles. The predicted molar refractivity (Wildman–Crippen MR) is 85.2 cm³/mol. The fourth-order valence-electron chi connectivity index (χ4n) is 1.83. The van der Waals surface area contributed by atoms with Gasteiger partial charge in [-0.15, -0.1) is 0 Å². The van der Waals surface area contributed by atoms with Crippen LogP contribution in [0, 0.1) is 6.92 Å². The first-order chi connectivity index (χ1) is 10.9. The summed E-state index contributed by atoms with van der Waals surface area (Å²) in [6, 6.07) is 7.15. The van der Waals surface area contributed by atoms with Crippen LogP contribution in [-0.2, 0) is 19.1 Å². The van der Waals surface area contributed by atoms with Crippen molar-refractivity contribution in [3.05, 3.63) is 35.4 Å². The number of nitrogens with one attached hydrogen (secondary N) is 1. The molecule has 0 radical (unpaired) electrons. The Hall–Kier alpha value is -2.21. The van der Waals surface area contributed by atoms with Gasteiger partial charge in [0.05, 0.1) is 13.0 Å². The summed E-state index contributed by atoms with van der Waals surface area (Å²) in [5.41, 5.74) is 1.63. The number of hydrogen-bond acceptors (Lipinski definition) is 5. The third-order valence-corrected chi connectivity index (χ3v) is 3.21. The molecule has 6 nitrogen and oxygen atoms in total. The van der Waals surface area contributed by atoms with E-state index >= 15 is 0 Å². The summed E-state index contributed by atoms with van der Waals surface area (Å²) < 4.78 is 9.81. The second-order valence-electron chi connectivity index (χ2n) is 5.21. The molecule has 0 saturated heterocycles. The fraction of sp³-hybridized carbons (Fsp3) is 0.471. The number of benzene rings is 1. The Morgan fingerprint density at radius 3 is 2.39 bits per heavy atom. The monoisotopic (exact) mass is 321 g/mol. The SMILES string of the molecule is COCCNC(=O)[C@@H](C)OC(=O)CCC(=O)c1ccc(C)cc1. The highest BCUT2D eigenvalue weighted by Gasteiger charge is 2.18. The summed E-state index contributed by atoms with van der Waals surface area (Å²) in [4.78, 5) is 35.3. The number of methoxy groups -OCH3 is 1. The van der Waals surface area contributed by atoms with Gasteiger partial charge in [-0.25, -0.2) is 0 Å². The maximum Gasteiger partial charge on any atom is 0.307 e. The maximum absolute atomic E-state index is 12.0. The Morgan fingerprint density at radius 2 is 1.78 bits per heavy atom. The average Bonchev–Trinajstić information content (AvgIpc) is 2.53. The number of ether oxygens (including phenoxy) is 2. The molecule has 1 aromatic carbocycles. The number of esters is 1. The molecule has 1 aromatic rings. The molecule has 0 bridgehead atoms. The lowest BCUT2D eigenvalue weighted by Crippen LogP contribution is -2.37. The topological polar surface area (TPSA) is 81.7 Å². The predicted octanol–water partition coefficient (Wildman–Crippen LogP) is 1.65. The molecule has 126 valence electrons. The standard InChI is InChI=1S/C17H23NO5/c1-12-4-6-14(7-5-12)15(19)8-9-16(20)23-13(2)17(21)18-10-11-22-3/h4-7,13H,8-11H2,1-3H3,(H,18,21)/t13-/m1/s1. The molecule has 0 fully saturated rings. The Bertz CT molecular complexity index is 538. The van der Waals surface area contributed by atoms with Crippen molar-refractivity contribution >= 4 is 17.7 Å². The smallest absolute Gasteiger partial charge is 0.307 e. The quantitative estimate of drug-likeness (QED) is 0.425. The van der Waals surface area contributed by atoms with E-state index in [0.717, 1.165) is 5.56 Å². The van der Waals surface area contributed by atoms with Crippen LogP contribution in [0.15, 0.2) is 24.3 Å². The normalized spacial score (nSPS) is 11.6. The molecule has 1 N–H and O–H groups in total. The van der Waals surface area contributed by atoms with Crippen LogP contribution in [0.1, 0.15) is 35.7 Å². The minimum Gasteiger partial charge on any atom is -0.453 e. The van der Waals surface area contributed by atoms with E-state index in [-0.39, 0.29) is 24.5 Å². The Balaban J connectivity index is 2.34. The van der Waals surface area contributed by atoms with Crippen LogP contribution in [0.3, 0.4) is 0 Å². The van der Waals surface area contributed by atoms with Crippen molar-refractivity contribution in [3.63, 3.8) is 0 Å². The van der Waals surface area contributed by atoms with E-state index < -0.39 is 12.1 Å². The highest BCUT2D eigenvalue weighted by atomic mass is 16.5. The van der Waals surface area contributed by atoms with Crippen LogP contribution in [0.2, 0.25) is 0 Å². The zero-order chi connectivity index (χ0) is 17.2. The first-order valence-electron chi connectivity index (χ1n) is 7.50. The molecule has 0 aliphatic heterocycles. The summed E-state index contributed by atoms with van der Waals surface area (Å²) in [6.07, 6.45) is -0.892. The molecule has 0 aliphatic rings. The van der Waals surface area contributed by atoms with Crippen molar-refractivity contribution in [2.24, 2.45) is 0 Å². The van der Waals surface area contributed by atoms with E-state index in [1.807, 2.05) is 19.1 Å². The van der Waals surface area contributed by atoms with Gasteiger partial charge in [-0.2, -0.15) is 0 Å². The van der Waals surface area contributed by atoms with E-state index in [0.29, 0.717) is 18.7 Å². The molecule has 6 heteroatoms. The largest absolute Gasteiger partial charge is 0.453 e. The van der Waals surface area contributed by atoms with Crippen LogP contribution in [0.25, 0.3) is 0 Å². The fourth-order valence-corrected chi connectivity index (χ4v) is 1.83. The lowest BCUT2D eigenvalue weighted by Gasteiger charge is -2.13. The molecule has 0 spiro atoms. The molecule has 0 unspecified atom stereocenters. The van der Waals surface area contributed by atoms with Gasteiger partial charge in [0, 0.05) is 25.6 Å². The van der Waals surface area contributed by atoms with Crippen molar-refractivity contribution in [2.45, 2.75) is 32.8 Å². The van der Waals surface area contributed by atoms with Crippen molar-refractivity contribution in [1.29, 1.82) is 0 Å². The van der Waals surface area contributed by atoms with Crippen LogP contribution in [-0.4, -0.2) is 44.0 Å². The second-order valence-corrected chi connectivity index (χ2v) is 5.21. The number of rotatable bonds is 9. The Morgan fingerprint density at radius 1 is 1.13 bits per heavy atom. The highest BCUT2D eigenvalue weighted by molar-refractivity contribution is 5.97.